The van der Waals surface area contributed by atoms with Crippen LogP contribution >= 0.6 is 0 Å². The summed E-state index contributed by atoms with van der Waals surface area (Å²) >= 11 is 0. The normalized spacial score (nSPS) is 23.4. The number of hydrogen-bond acceptors (Lipinski definition) is 2. The predicted molar refractivity (Wildman–Crippen MR) is 72.4 cm³/mol. The van der Waals surface area contributed by atoms with Gasteiger partial charge in [-0.05, 0) is 18.8 Å². The summed E-state index contributed by atoms with van der Waals surface area (Å²) in [5.41, 5.74) is 0.193. The van der Waals surface area contributed by atoms with Gasteiger partial charge in [-0.25, -0.2) is 0 Å². The number of amides is 1. The molecule has 1 heterocycles. The van der Waals surface area contributed by atoms with Gasteiger partial charge in [0, 0.05) is 18.4 Å². The van der Waals surface area contributed by atoms with Crippen molar-refractivity contribution in [3.8, 4) is 0 Å². The Kier molecular flexibility index (Phi) is 5.04. The molecule has 1 saturated heterocycles. The third-order valence-corrected chi connectivity index (χ3v) is 4.35. The Hall–Kier alpha value is -0.570. The summed E-state index contributed by atoms with van der Waals surface area (Å²) in [5.74, 6) is 1.11. The van der Waals surface area contributed by atoms with Crippen LogP contribution in [0.5, 0.6) is 0 Å². The highest BCUT2D eigenvalue weighted by atomic mass is 16.5. The fourth-order valence-corrected chi connectivity index (χ4v) is 2.98. The third kappa shape index (κ3) is 4.27. The monoisotopic (exact) mass is 253 g/mol. The SMILES string of the molecule is CC1(CNC(=O)CCCC2CCCCC2)COC1. The van der Waals surface area contributed by atoms with Gasteiger partial charge in [0.1, 0.15) is 0 Å². The van der Waals surface area contributed by atoms with E-state index in [4.69, 9.17) is 4.74 Å². The average Bonchev–Trinajstić information content (AvgIpc) is 2.35. The van der Waals surface area contributed by atoms with E-state index in [1.807, 2.05) is 0 Å². The first-order valence-corrected chi connectivity index (χ1v) is 7.52. The first-order valence-electron chi connectivity index (χ1n) is 7.52. The molecule has 0 aromatic rings. The molecule has 1 saturated carbocycles. The van der Waals surface area contributed by atoms with Crippen molar-refractivity contribution >= 4 is 5.91 Å². The maximum Gasteiger partial charge on any atom is 0.220 e. The van der Waals surface area contributed by atoms with Crippen LogP contribution in [0.1, 0.15) is 58.3 Å². The molecule has 0 spiro atoms. The van der Waals surface area contributed by atoms with Gasteiger partial charge in [-0.15, -0.1) is 0 Å². The molecule has 0 bridgehead atoms. The van der Waals surface area contributed by atoms with Crippen LogP contribution in [0.25, 0.3) is 0 Å². The van der Waals surface area contributed by atoms with Gasteiger partial charge in [-0.2, -0.15) is 0 Å². The molecule has 18 heavy (non-hydrogen) atoms. The minimum Gasteiger partial charge on any atom is -0.380 e. The van der Waals surface area contributed by atoms with E-state index < -0.39 is 0 Å². The summed E-state index contributed by atoms with van der Waals surface area (Å²) in [6.45, 7) is 4.51. The van der Waals surface area contributed by atoms with Gasteiger partial charge in [-0.3, -0.25) is 4.79 Å². The smallest absolute Gasteiger partial charge is 0.220 e. The van der Waals surface area contributed by atoms with E-state index in [1.54, 1.807) is 0 Å². The highest BCUT2D eigenvalue weighted by Crippen LogP contribution is 2.28. The van der Waals surface area contributed by atoms with Gasteiger partial charge >= 0.3 is 0 Å². The van der Waals surface area contributed by atoms with Crippen molar-refractivity contribution in [3.05, 3.63) is 0 Å². The maximum absolute atomic E-state index is 11.7. The van der Waals surface area contributed by atoms with E-state index in [0.29, 0.717) is 6.42 Å². The Morgan fingerprint density at radius 3 is 2.61 bits per heavy atom. The van der Waals surface area contributed by atoms with Crippen molar-refractivity contribution < 1.29 is 9.53 Å². The van der Waals surface area contributed by atoms with Crippen LogP contribution in [0.4, 0.5) is 0 Å². The zero-order valence-electron chi connectivity index (χ0n) is 11.7. The van der Waals surface area contributed by atoms with Crippen LogP contribution in [-0.2, 0) is 9.53 Å². The van der Waals surface area contributed by atoms with E-state index in [1.165, 1.54) is 38.5 Å². The lowest BCUT2D eigenvalue weighted by molar-refractivity contribution is -0.126. The lowest BCUT2D eigenvalue weighted by Crippen LogP contribution is -2.48. The summed E-state index contributed by atoms with van der Waals surface area (Å²) in [7, 11) is 0. The first kappa shape index (κ1) is 13.9. The largest absolute Gasteiger partial charge is 0.380 e. The minimum atomic E-state index is 0.193. The second kappa shape index (κ2) is 6.55. The molecule has 0 unspecified atom stereocenters. The molecule has 3 nitrogen and oxygen atoms in total. The molecule has 0 radical (unpaired) electrons. The van der Waals surface area contributed by atoms with Crippen LogP contribution < -0.4 is 5.32 Å². The van der Waals surface area contributed by atoms with E-state index in [0.717, 1.165) is 32.1 Å². The molecule has 1 amide bonds. The quantitative estimate of drug-likeness (QED) is 0.790. The van der Waals surface area contributed by atoms with Crippen LogP contribution in [0.3, 0.4) is 0 Å². The Bertz CT molecular complexity index is 268. The summed E-state index contributed by atoms with van der Waals surface area (Å²) < 4.78 is 5.18. The number of rotatable bonds is 6. The molecule has 2 aliphatic rings. The highest BCUT2D eigenvalue weighted by Gasteiger charge is 2.33. The van der Waals surface area contributed by atoms with Crippen molar-refractivity contribution in [2.75, 3.05) is 19.8 Å². The van der Waals surface area contributed by atoms with Crippen molar-refractivity contribution in [1.29, 1.82) is 0 Å². The minimum absolute atomic E-state index is 0.193. The van der Waals surface area contributed by atoms with Crippen LogP contribution in [0.15, 0.2) is 0 Å². The Morgan fingerprint density at radius 1 is 1.28 bits per heavy atom. The van der Waals surface area contributed by atoms with Gasteiger partial charge in [0.05, 0.1) is 13.2 Å². The number of carbonyl (C=O) groups excluding carboxylic acids is 1. The Labute approximate surface area is 111 Å². The second-order valence-electron chi connectivity index (χ2n) is 6.48. The summed E-state index contributed by atoms with van der Waals surface area (Å²) in [6, 6.07) is 0. The fourth-order valence-electron chi connectivity index (χ4n) is 2.98. The molecular weight excluding hydrogens is 226 g/mol. The van der Waals surface area contributed by atoms with Gasteiger partial charge < -0.3 is 10.1 Å². The molecular formula is C15H27NO2. The summed E-state index contributed by atoms with van der Waals surface area (Å²) in [4.78, 5) is 11.7. The topological polar surface area (TPSA) is 38.3 Å². The Balaban J connectivity index is 1.51. The van der Waals surface area contributed by atoms with Crippen LogP contribution in [-0.4, -0.2) is 25.7 Å². The molecule has 2 rings (SSSR count). The number of hydrogen-bond donors (Lipinski definition) is 1. The maximum atomic E-state index is 11.7. The first-order chi connectivity index (χ1) is 8.68. The molecule has 0 atom stereocenters. The van der Waals surface area contributed by atoms with Gasteiger partial charge in [0.25, 0.3) is 0 Å². The summed E-state index contributed by atoms with van der Waals surface area (Å²) in [5, 5.41) is 3.04. The number of carbonyl (C=O) groups is 1. The Morgan fingerprint density at radius 2 is 2.00 bits per heavy atom. The van der Waals surface area contributed by atoms with Crippen molar-refractivity contribution in [2.24, 2.45) is 11.3 Å². The van der Waals surface area contributed by atoms with Gasteiger partial charge in [0.2, 0.25) is 5.91 Å². The fraction of sp³-hybridized carbons (Fsp3) is 0.933. The van der Waals surface area contributed by atoms with Gasteiger partial charge in [-0.1, -0.05) is 39.0 Å². The standard InChI is InChI=1S/C15H27NO2/c1-15(11-18-12-15)10-16-14(17)9-5-8-13-6-3-2-4-7-13/h13H,2-12H2,1H3,(H,16,17). The number of nitrogens with one attached hydrogen (secondary N) is 1. The molecule has 1 N–H and O–H groups in total. The van der Waals surface area contributed by atoms with E-state index in [9.17, 15) is 4.79 Å². The molecule has 1 aliphatic carbocycles. The molecule has 0 aromatic heterocycles. The van der Waals surface area contributed by atoms with Crippen molar-refractivity contribution in [3.63, 3.8) is 0 Å². The second-order valence-corrected chi connectivity index (χ2v) is 6.48. The lowest BCUT2D eigenvalue weighted by Gasteiger charge is -2.38. The van der Waals surface area contributed by atoms with Gasteiger partial charge in [0.15, 0.2) is 0 Å². The number of ether oxygens (including phenoxy) is 1. The average molecular weight is 253 g/mol. The van der Waals surface area contributed by atoms with Crippen LogP contribution in [0.2, 0.25) is 0 Å². The molecule has 3 heteroatoms. The predicted octanol–water partition coefficient (Wildman–Crippen LogP) is 2.89. The van der Waals surface area contributed by atoms with E-state index in [-0.39, 0.29) is 11.3 Å². The molecule has 2 fully saturated rings. The lowest BCUT2D eigenvalue weighted by atomic mass is 9.85. The highest BCUT2D eigenvalue weighted by molar-refractivity contribution is 5.75. The summed E-state index contributed by atoms with van der Waals surface area (Å²) in [6.07, 6.45) is 9.99. The van der Waals surface area contributed by atoms with E-state index >= 15 is 0 Å². The van der Waals surface area contributed by atoms with Crippen LogP contribution in [0, 0.1) is 11.3 Å². The molecule has 0 aromatic carbocycles. The van der Waals surface area contributed by atoms with Crippen molar-refractivity contribution in [2.45, 2.75) is 58.3 Å². The third-order valence-electron chi connectivity index (χ3n) is 4.35. The van der Waals surface area contributed by atoms with E-state index in [2.05, 4.69) is 12.2 Å². The zero-order valence-corrected chi connectivity index (χ0v) is 11.7. The molecule has 104 valence electrons. The zero-order chi connectivity index (χ0) is 12.8. The van der Waals surface area contributed by atoms with Crippen molar-refractivity contribution in [1.82, 2.24) is 5.32 Å². The molecule has 1 aliphatic heterocycles.